The average molecular weight is 277 g/mol. The third-order valence-electron chi connectivity index (χ3n) is 3.09. The molecule has 19 heavy (non-hydrogen) atoms. The standard InChI is InChI=1S/C14H15NO3S/c1-9-3-5-11(17-9)7-15-13(16)8-19-14(15)12-6-4-10(2)18-12/h3-6,14H,7-8H2,1-2H3. The Balaban J connectivity index is 1.82. The summed E-state index contributed by atoms with van der Waals surface area (Å²) in [5.74, 6) is 3.98. The minimum Gasteiger partial charge on any atom is -0.464 e. The number of thioether (sulfide) groups is 1. The van der Waals surface area contributed by atoms with Gasteiger partial charge in [0.1, 0.15) is 28.4 Å². The van der Waals surface area contributed by atoms with Gasteiger partial charge < -0.3 is 13.7 Å². The van der Waals surface area contributed by atoms with Crippen molar-refractivity contribution in [1.29, 1.82) is 0 Å². The molecule has 1 aliphatic rings. The Labute approximate surface area is 115 Å². The first kappa shape index (κ1) is 12.4. The molecule has 4 nitrogen and oxygen atoms in total. The summed E-state index contributed by atoms with van der Waals surface area (Å²) in [6, 6.07) is 7.69. The van der Waals surface area contributed by atoms with Gasteiger partial charge in [-0.15, -0.1) is 11.8 Å². The van der Waals surface area contributed by atoms with Crippen molar-refractivity contribution in [3.8, 4) is 0 Å². The molecular formula is C14H15NO3S. The number of carbonyl (C=O) groups is 1. The summed E-state index contributed by atoms with van der Waals surface area (Å²) >= 11 is 1.59. The fourth-order valence-electron chi connectivity index (χ4n) is 2.18. The summed E-state index contributed by atoms with van der Waals surface area (Å²) in [6.45, 7) is 4.30. The van der Waals surface area contributed by atoms with Crippen molar-refractivity contribution in [2.45, 2.75) is 25.8 Å². The van der Waals surface area contributed by atoms with Gasteiger partial charge in [0, 0.05) is 0 Å². The highest BCUT2D eigenvalue weighted by Crippen LogP contribution is 2.40. The van der Waals surface area contributed by atoms with Crippen LogP contribution in [0.2, 0.25) is 0 Å². The lowest BCUT2D eigenvalue weighted by Crippen LogP contribution is -2.27. The number of hydrogen-bond acceptors (Lipinski definition) is 4. The Bertz CT molecular complexity index is 601. The number of rotatable bonds is 3. The third-order valence-corrected chi connectivity index (χ3v) is 4.31. The van der Waals surface area contributed by atoms with Crippen molar-refractivity contribution in [3.63, 3.8) is 0 Å². The van der Waals surface area contributed by atoms with Crippen LogP contribution < -0.4 is 0 Å². The van der Waals surface area contributed by atoms with E-state index in [0.29, 0.717) is 12.3 Å². The maximum Gasteiger partial charge on any atom is 0.234 e. The third kappa shape index (κ3) is 2.42. The van der Waals surface area contributed by atoms with Gasteiger partial charge in [-0.05, 0) is 38.1 Å². The molecule has 2 aromatic heterocycles. The lowest BCUT2D eigenvalue weighted by molar-refractivity contribution is -0.129. The van der Waals surface area contributed by atoms with E-state index in [-0.39, 0.29) is 11.3 Å². The van der Waals surface area contributed by atoms with Crippen LogP contribution in [0.4, 0.5) is 0 Å². The zero-order valence-corrected chi connectivity index (χ0v) is 11.7. The number of amides is 1. The maximum atomic E-state index is 12.0. The van der Waals surface area contributed by atoms with Crippen LogP contribution >= 0.6 is 11.8 Å². The highest BCUT2D eigenvalue weighted by Gasteiger charge is 2.35. The van der Waals surface area contributed by atoms with Crippen LogP contribution in [0.1, 0.15) is 28.4 Å². The van der Waals surface area contributed by atoms with Gasteiger partial charge in [-0.1, -0.05) is 0 Å². The van der Waals surface area contributed by atoms with Crippen LogP contribution in [0.25, 0.3) is 0 Å². The predicted molar refractivity (Wildman–Crippen MR) is 72.6 cm³/mol. The second-order valence-corrected chi connectivity index (χ2v) is 5.71. The summed E-state index contributed by atoms with van der Waals surface area (Å²) in [5.41, 5.74) is 0. The van der Waals surface area contributed by atoms with E-state index in [2.05, 4.69) is 0 Å². The van der Waals surface area contributed by atoms with Gasteiger partial charge in [-0.2, -0.15) is 0 Å². The van der Waals surface area contributed by atoms with Crippen molar-refractivity contribution in [2.24, 2.45) is 0 Å². The van der Waals surface area contributed by atoms with E-state index in [0.717, 1.165) is 23.0 Å². The van der Waals surface area contributed by atoms with Crippen LogP contribution in [0, 0.1) is 13.8 Å². The molecule has 0 aliphatic carbocycles. The molecule has 0 saturated carbocycles. The molecule has 1 amide bonds. The fraction of sp³-hybridized carbons (Fsp3) is 0.357. The molecule has 2 aromatic rings. The van der Waals surface area contributed by atoms with E-state index >= 15 is 0 Å². The lowest BCUT2D eigenvalue weighted by Gasteiger charge is -2.21. The Morgan fingerprint density at radius 1 is 1.21 bits per heavy atom. The molecule has 5 heteroatoms. The molecule has 0 radical (unpaired) electrons. The van der Waals surface area contributed by atoms with Gasteiger partial charge in [0.05, 0.1) is 12.3 Å². The topological polar surface area (TPSA) is 46.6 Å². The highest BCUT2D eigenvalue weighted by atomic mass is 32.2. The number of furan rings is 2. The molecule has 1 aliphatic heterocycles. The molecule has 1 fully saturated rings. The first-order valence-corrected chi connectivity index (χ1v) is 7.21. The molecule has 0 spiro atoms. The number of nitrogens with zero attached hydrogens (tertiary/aromatic N) is 1. The van der Waals surface area contributed by atoms with E-state index in [1.807, 2.05) is 38.1 Å². The van der Waals surface area contributed by atoms with Gasteiger partial charge in [-0.25, -0.2) is 0 Å². The second-order valence-electron chi connectivity index (χ2n) is 4.65. The first-order chi connectivity index (χ1) is 9.13. The molecular weight excluding hydrogens is 262 g/mol. The van der Waals surface area contributed by atoms with E-state index in [4.69, 9.17) is 8.83 Å². The van der Waals surface area contributed by atoms with Crippen molar-refractivity contribution >= 4 is 17.7 Å². The summed E-state index contributed by atoms with van der Waals surface area (Å²) in [5, 5.41) is -0.0494. The molecule has 3 rings (SSSR count). The molecule has 0 bridgehead atoms. The summed E-state index contributed by atoms with van der Waals surface area (Å²) in [6.07, 6.45) is 0. The zero-order valence-electron chi connectivity index (χ0n) is 10.9. The highest BCUT2D eigenvalue weighted by molar-refractivity contribution is 8.00. The van der Waals surface area contributed by atoms with Gasteiger partial charge in [0.2, 0.25) is 5.91 Å². The number of aryl methyl sites for hydroxylation is 2. The first-order valence-electron chi connectivity index (χ1n) is 6.16. The largest absolute Gasteiger partial charge is 0.464 e. The van der Waals surface area contributed by atoms with Crippen LogP contribution in [0.15, 0.2) is 33.1 Å². The Hall–Kier alpha value is -1.62. The minimum absolute atomic E-state index is 0.0494. The number of hydrogen-bond donors (Lipinski definition) is 0. The second kappa shape index (κ2) is 4.81. The van der Waals surface area contributed by atoms with Gasteiger partial charge in [-0.3, -0.25) is 4.79 Å². The molecule has 1 atom stereocenters. The van der Waals surface area contributed by atoms with Crippen molar-refractivity contribution < 1.29 is 13.6 Å². The lowest BCUT2D eigenvalue weighted by atomic mass is 10.3. The van der Waals surface area contributed by atoms with E-state index < -0.39 is 0 Å². The van der Waals surface area contributed by atoms with Gasteiger partial charge in [0.25, 0.3) is 0 Å². The summed E-state index contributed by atoms with van der Waals surface area (Å²) in [4.78, 5) is 13.8. The normalized spacial score (nSPS) is 19.4. The van der Waals surface area contributed by atoms with E-state index in [1.54, 1.807) is 16.7 Å². The smallest absolute Gasteiger partial charge is 0.234 e. The van der Waals surface area contributed by atoms with Gasteiger partial charge in [0.15, 0.2) is 0 Å². The molecule has 1 saturated heterocycles. The average Bonchev–Trinajstić information content (AvgIpc) is 3.04. The van der Waals surface area contributed by atoms with Crippen LogP contribution in [-0.4, -0.2) is 16.6 Å². The molecule has 1 unspecified atom stereocenters. The molecule has 0 aromatic carbocycles. The van der Waals surface area contributed by atoms with Crippen LogP contribution in [-0.2, 0) is 11.3 Å². The van der Waals surface area contributed by atoms with Crippen LogP contribution in [0.3, 0.4) is 0 Å². The Morgan fingerprint density at radius 2 is 1.95 bits per heavy atom. The zero-order chi connectivity index (χ0) is 13.4. The van der Waals surface area contributed by atoms with E-state index in [9.17, 15) is 4.79 Å². The quantitative estimate of drug-likeness (QED) is 0.864. The molecule has 3 heterocycles. The SMILES string of the molecule is Cc1ccc(CN2C(=O)CSC2c2ccc(C)o2)o1. The molecule has 100 valence electrons. The van der Waals surface area contributed by atoms with Crippen molar-refractivity contribution in [3.05, 3.63) is 47.3 Å². The van der Waals surface area contributed by atoms with Crippen LogP contribution in [0.5, 0.6) is 0 Å². The monoisotopic (exact) mass is 277 g/mol. The fourth-order valence-corrected chi connectivity index (χ4v) is 3.31. The molecule has 0 N–H and O–H groups in total. The maximum absolute atomic E-state index is 12.0. The minimum atomic E-state index is -0.0494. The predicted octanol–water partition coefficient (Wildman–Crippen LogP) is 3.26. The van der Waals surface area contributed by atoms with Gasteiger partial charge >= 0.3 is 0 Å². The van der Waals surface area contributed by atoms with E-state index in [1.165, 1.54) is 0 Å². The summed E-state index contributed by atoms with van der Waals surface area (Å²) < 4.78 is 11.2. The van der Waals surface area contributed by atoms with Crippen molar-refractivity contribution in [2.75, 3.05) is 5.75 Å². The summed E-state index contributed by atoms with van der Waals surface area (Å²) in [7, 11) is 0. The number of carbonyl (C=O) groups excluding carboxylic acids is 1. The Morgan fingerprint density at radius 3 is 2.58 bits per heavy atom. The Kier molecular flexibility index (Phi) is 3.14. The van der Waals surface area contributed by atoms with Crippen molar-refractivity contribution in [1.82, 2.24) is 4.90 Å².